The van der Waals surface area contributed by atoms with Crippen molar-refractivity contribution < 1.29 is 0 Å². The summed E-state index contributed by atoms with van der Waals surface area (Å²) in [6, 6.07) is 17.2. The molecular weight excluding hydrogens is 206 g/mol. The Morgan fingerprint density at radius 3 is 2.35 bits per heavy atom. The Hall–Kier alpha value is -2.15. The molecule has 1 heterocycles. The van der Waals surface area contributed by atoms with Crippen LogP contribution in [0.3, 0.4) is 0 Å². The van der Waals surface area contributed by atoms with Crippen LogP contribution < -0.4 is 0 Å². The molecule has 0 N–H and O–H groups in total. The lowest BCUT2D eigenvalue weighted by atomic mass is 9.78. The van der Waals surface area contributed by atoms with Gasteiger partial charge in [0, 0.05) is 17.7 Å². The highest BCUT2D eigenvalue weighted by Crippen LogP contribution is 2.41. The molecule has 2 aliphatic rings. The Morgan fingerprint density at radius 2 is 1.47 bits per heavy atom. The zero-order chi connectivity index (χ0) is 11.2. The lowest BCUT2D eigenvalue weighted by molar-refractivity contribution is 1.15. The summed E-state index contributed by atoms with van der Waals surface area (Å²) in [5.41, 5.74) is 6.50. The maximum absolute atomic E-state index is 4.53. The fraction of sp³-hybridized carbons (Fsp3) is 0.0625. The number of rotatable bonds is 0. The standard InChI is InChI=1S/C16H11N/c1-2-7-13-11(5-1)12-6-3-4-8-14(12)16-15(13)9-10-17-16/h1-10,15H. The first-order valence-electron chi connectivity index (χ1n) is 5.88. The van der Waals surface area contributed by atoms with E-state index in [0.29, 0.717) is 5.92 Å². The molecule has 0 saturated heterocycles. The van der Waals surface area contributed by atoms with Gasteiger partial charge in [-0.05, 0) is 16.7 Å². The first kappa shape index (κ1) is 8.94. The maximum atomic E-state index is 4.53. The van der Waals surface area contributed by atoms with Crippen LogP contribution in [0, 0.1) is 0 Å². The zero-order valence-electron chi connectivity index (χ0n) is 9.30. The number of hydrogen-bond donors (Lipinski definition) is 0. The van der Waals surface area contributed by atoms with E-state index in [-0.39, 0.29) is 0 Å². The summed E-state index contributed by atoms with van der Waals surface area (Å²) < 4.78 is 0. The minimum Gasteiger partial charge on any atom is -0.260 e. The summed E-state index contributed by atoms with van der Waals surface area (Å²) in [5, 5.41) is 0. The number of hydrogen-bond acceptors (Lipinski definition) is 1. The van der Waals surface area contributed by atoms with Crippen LogP contribution in [0.15, 0.2) is 65.8 Å². The van der Waals surface area contributed by atoms with Crippen LogP contribution in [0.25, 0.3) is 11.1 Å². The molecule has 1 nitrogen and oxygen atoms in total. The summed E-state index contributed by atoms with van der Waals surface area (Å²) in [4.78, 5) is 4.53. The van der Waals surface area contributed by atoms with E-state index in [1.807, 2.05) is 6.20 Å². The van der Waals surface area contributed by atoms with Crippen molar-refractivity contribution in [1.82, 2.24) is 0 Å². The molecule has 1 aliphatic carbocycles. The van der Waals surface area contributed by atoms with Gasteiger partial charge in [0.15, 0.2) is 0 Å². The van der Waals surface area contributed by atoms with E-state index in [9.17, 15) is 0 Å². The van der Waals surface area contributed by atoms with Gasteiger partial charge in [0.25, 0.3) is 0 Å². The molecule has 80 valence electrons. The Kier molecular flexibility index (Phi) is 1.67. The molecule has 0 saturated carbocycles. The number of allylic oxidation sites excluding steroid dienone is 1. The average molecular weight is 217 g/mol. The van der Waals surface area contributed by atoms with E-state index < -0.39 is 0 Å². The van der Waals surface area contributed by atoms with Crippen molar-refractivity contribution in [2.24, 2.45) is 4.99 Å². The van der Waals surface area contributed by atoms with Crippen LogP contribution in [-0.4, -0.2) is 5.71 Å². The van der Waals surface area contributed by atoms with Crippen molar-refractivity contribution in [3.8, 4) is 11.1 Å². The summed E-state index contributed by atoms with van der Waals surface area (Å²) in [6.07, 6.45) is 4.11. The third kappa shape index (κ3) is 1.11. The highest BCUT2D eigenvalue weighted by Gasteiger charge is 2.29. The summed E-state index contributed by atoms with van der Waals surface area (Å²) in [5.74, 6) is 0.348. The predicted octanol–water partition coefficient (Wildman–Crippen LogP) is 3.77. The molecule has 0 amide bonds. The Morgan fingerprint density at radius 1 is 0.765 bits per heavy atom. The van der Waals surface area contributed by atoms with Gasteiger partial charge < -0.3 is 0 Å². The molecular formula is C16H11N. The molecule has 0 spiro atoms. The lowest BCUT2D eigenvalue weighted by Gasteiger charge is -2.25. The van der Waals surface area contributed by atoms with Crippen molar-refractivity contribution in [1.29, 1.82) is 0 Å². The smallest absolute Gasteiger partial charge is 0.0595 e. The van der Waals surface area contributed by atoms with E-state index in [2.05, 4.69) is 59.6 Å². The van der Waals surface area contributed by atoms with Crippen molar-refractivity contribution in [2.45, 2.75) is 5.92 Å². The molecule has 0 fully saturated rings. The minimum absolute atomic E-state index is 0.348. The van der Waals surface area contributed by atoms with E-state index in [1.54, 1.807) is 0 Å². The van der Waals surface area contributed by atoms with E-state index in [4.69, 9.17) is 0 Å². The van der Waals surface area contributed by atoms with Gasteiger partial charge in [0.1, 0.15) is 0 Å². The number of benzene rings is 2. The Bertz CT molecular complexity index is 665. The highest BCUT2D eigenvalue weighted by atomic mass is 14.8. The third-order valence-electron chi connectivity index (χ3n) is 3.58. The van der Waals surface area contributed by atoms with Gasteiger partial charge >= 0.3 is 0 Å². The van der Waals surface area contributed by atoms with E-state index in [1.165, 1.54) is 28.0 Å². The van der Waals surface area contributed by atoms with Crippen LogP contribution in [0.2, 0.25) is 0 Å². The van der Waals surface area contributed by atoms with Gasteiger partial charge in [-0.15, -0.1) is 0 Å². The van der Waals surface area contributed by atoms with Gasteiger partial charge in [-0.2, -0.15) is 0 Å². The first-order chi connectivity index (χ1) is 8.45. The quantitative estimate of drug-likeness (QED) is 0.637. The fourth-order valence-corrected chi connectivity index (χ4v) is 2.82. The Balaban J connectivity index is 2.12. The molecule has 1 atom stereocenters. The van der Waals surface area contributed by atoms with Crippen LogP contribution in [0.1, 0.15) is 17.0 Å². The molecule has 1 aliphatic heterocycles. The highest BCUT2D eigenvalue weighted by molar-refractivity contribution is 6.15. The predicted molar refractivity (Wildman–Crippen MR) is 70.3 cm³/mol. The molecule has 17 heavy (non-hydrogen) atoms. The second-order valence-electron chi connectivity index (χ2n) is 4.47. The van der Waals surface area contributed by atoms with Crippen LogP contribution in [-0.2, 0) is 0 Å². The largest absolute Gasteiger partial charge is 0.260 e. The van der Waals surface area contributed by atoms with Crippen molar-refractivity contribution >= 4 is 5.71 Å². The molecule has 0 bridgehead atoms. The second-order valence-corrected chi connectivity index (χ2v) is 4.47. The second kappa shape index (κ2) is 3.17. The van der Waals surface area contributed by atoms with Crippen molar-refractivity contribution in [2.75, 3.05) is 0 Å². The van der Waals surface area contributed by atoms with Gasteiger partial charge in [-0.1, -0.05) is 54.6 Å². The van der Waals surface area contributed by atoms with Crippen molar-refractivity contribution in [3.05, 3.63) is 71.9 Å². The third-order valence-corrected chi connectivity index (χ3v) is 3.58. The van der Waals surface area contributed by atoms with E-state index in [0.717, 1.165) is 0 Å². The molecule has 2 aromatic carbocycles. The minimum atomic E-state index is 0.348. The van der Waals surface area contributed by atoms with Crippen LogP contribution in [0.4, 0.5) is 0 Å². The summed E-state index contributed by atoms with van der Waals surface area (Å²) >= 11 is 0. The maximum Gasteiger partial charge on any atom is 0.0595 e. The number of fused-ring (bicyclic) bond motifs is 6. The molecule has 4 rings (SSSR count). The van der Waals surface area contributed by atoms with Gasteiger partial charge in [0.2, 0.25) is 0 Å². The number of aliphatic imine (C=N–C) groups is 1. The van der Waals surface area contributed by atoms with Crippen LogP contribution in [0.5, 0.6) is 0 Å². The molecule has 0 aromatic heterocycles. The normalized spacial score (nSPS) is 19.3. The topological polar surface area (TPSA) is 12.4 Å². The fourth-order valence-electron chi connectivity index (χ4n) is 2.82. The SMILES string of the molecule is C1=CC2C(=N1)c1ccccc1-c1ccccc12. The van der Waals surface area contributed by atoms with E-state index >= 15 is 0 Å². The van der Waals surface area contributed by atoms with Gasteiger partial charge in [-0.3, -0.25) is 4.99 Å². The monoisotopic (exact) mass is 217 g/mol. The summed E-state index contributed by atoms with van der Waals surface area (Å²) in [6.45, 7) is 0. The molecule has 1 unspecified atom stereocenters. The average Bonchev–Trinajstić information content (AvgIpc) is 2.89. The Labute approximate surface area is 100 Å². The van der Waals surface area contributed by atoms with Gasteiger partial charge in [-0.25, -0.2) is 0 Å². The molecule has 1 heteroatoms. The summed E-state index contributed by atoms with van der Waals surface area (Å²) in [7, 11) is 0. The van der Waals surface area contributed by atoms with Crippen LogP contribution >= 0.6 is 0 Å². The van der Waals surface area contributed by atoms with Gasteiger partial charge in [0.05, 0.1) is 5.71 Å². The molecule has 2 aromatic rings. The molecule has 0 radical (unpaired) electrons. The first-order valence-corrected chi connectivity index (χ1v) is 5.88. The zero-order valence-corrected chi connectivity index (χ0v) is 9.30. The van der Waals surface area contributed by atoms with Crippen molar-refractivity contribution in [3.63, 3.8) is 0 Å². The number of nitrogens with zero attached hydrogens (tertiary/aromatic N) is 1. The lowest BCUT2D eigenvalue weighted by Crippen LogP contribution is -2.16.